The first kappa shape index (κ1) is 36.6. The van der Waals surface area contributed by atoms with Crippen LogP contribution in [0.3, 0.4) is 0 Å². The standard InChI is InChI=1S/C26H62O5Si7/c1-18(2)22(9)23(26(20(5)6,21(7)8)25(10,11)19(3)4)24(27)28-38(30-36(12,13)14,31-37(15,16)17)29-35-33-32-34-35/h18-21,35H,32-34H2,1-17H3. The third-order valence-corrected chi connectivity index (χ3v) is 92.9. The van der Waals surface area contributed by atoms with Crippen LogP contribution in [0.15, 0.2) is 11.1 Å². The van der Waals surface area contributed by atoms with Crippen molar-refractivity contribution in [2.75, 3.05) is 0 Å². The van der Waals surface area contributed by atoms with Gasteiger partial charge in [0.1, 0.15) is 8.08 Å². The predicted octanol–water partition coefficient (Wildman–Crippen LogP) is 4.71. The lowest BCUT2D eigenvalue weighted by Crippen LogP contribution is -2.67. The van der Waals surface area contributed by atoms with E-state index < -0.39 is 39.2 Å². The van der Waals surface area contributed by atoms with Gasteiger partial charge in [-0.25, -0.2) is 4.79 Å². The topological polar surface area (TPSA) is 54.0 Å². The number of hydrogen-bond donors (Lipinski definition) is 0. The highest BCUT2D eigenvalue weighted by Crippen LogP contribution is 2.60. The van der Waals surface area contributed by atoms with Gasteiger partial charge in [-0.15, -0.1) is 0 Å². The normalized spacial score (nSPS) is 20.7. The second-order valence-corrected chi connectivity index (χ2v) is 61.9. The lowest BCUT2D eigenvalue weighted by molar-refractivity contribution is -0.141. The summed E-state index contributed by atoms with van der Waals surface area (Å²) in [6, 6.07) is 0. The Balaban J connectivity index is 3.98. The zero-order valence-electron chi connectivity index (χ0n) is 28.0. The van der Waals surface area contributed by atoms with Gasteiger partial charge >= 0.3 is 15.0 Å². The second kappa shape index (κ2) is 13.3. The highest BCUT2D eigenvalue weighted by atomic mass is 30.1. The van der Waals surface area contributed by atoms with Crippen LogP contribution in [0, 0.1) is 34.5 Å². The molecule has 0 spiro atoms. The lowest BCUT2D eigenvalue weighted by atomic mass is 9.47. The van der Waals surface area contributed by atoms with Gasteiger partial charge in [-0.2, -0.15) is 0 Å². The van der Waals surface area contributed by atoms with Crippen molar-refractivity contribution in [3.63, 3.8) is 0 Å². The van der Waals surface area contributed by atoms with Gasteiger partial charge in [-0.3, -0.25) is 0 Å². The van der Waals surface area contributed by atoms with Gasteiger partial charge in [0.15, 0.2) is 16.6 Å². The molecule has 0 bridgehead atoms. The summed E-state index contributed by atoms with van der Waals surface area (Å²) in [5.41, 5.74) is 1.41. The highest BCUT2D eigenvalue weighted by Gasteiger charge is 2.61. The van der Waals surface area contributed by atoms with Crippen molar-refractivity contribution in [2.45, 2.75) is 115 Å². The summed E-state index contributed by atoms with van der Waals surface area (Å²) in [6.07, 6.45) is 0. The molecule has 0 amide bonds. The first-order valence-electron chi connectivity index (χ1n) is 15.0. The van der Waals surface area contributed by atoms with Gasteiger partial charge in [-0.05, 0) is 83.8 Å². The maximum Gasteiger partial charge on any atom is 0.719 e. The van der Waals surface area contributed by atoms with Gasteiger partial charge in [0.25, 0.3) is 0 Å². The Morgan fingerprint density at radius 3 is 1.45 bits per heavy atom. The molecule has 0 N–H and O–H groups in total. The fraction of sp³-hybridized carbons (Fsp3) is 0.885. The van der Waals surface area contributed by atoms with E-state index in [2.05, 4.69) is 115 Å². The van der Waals surface area contributed by atoms with Crippen molar-refractivity contribution < 1.29 is 21.6 Å². The molecule has 12 heteroatoms. The Morgan fingerprint density at radius 1 is 0.763 bits per heavy atom. The first-order chi connectivity index (χ1) is 16.9. The van der Waals surface area contributed by atoms with E-state index in [0.717, 1.165) is 11.1 Å². The van der Waals surface area contributed by atoms with Crippen molar-refractivity contribution in [3.05, 3.63) is 11.1 Å². The molecule has 1 fully saturated rings. The lowest BCUT2D eigenvalue weighted by Gasteiger charge is -2.56. The number of rotatable bonds is 14. The first-order valence-corrected chi connectivity index (χ1v) is 38.4. The molecule has 1 saturated heterocycles. The molecule has 38 heavy (non-hydrogen) atoms. The number of hydrogen-bond acceptors (Lipinski definition) is 5. The van der Waals surface area contributed by atoms with Crippen LogP contribution < -0.4 is 0 Å². The van der Waals surface area contributed by atoms with Gasteiger partial charge in [-0.1, -0.05) is 74.8 Å². The van der Waals surface area contributed by atoms with Crippen LogP contribution in [-0.2, 0) is 21.6 Å². The zero-order valence-corrected chi connectivity index (χ0v) is 36.4. The molecular formula is C26H62O5Si7. The molecule has 0 atom stereocenters. The quantitative estimate of drug-likeness (QED) is 0.202. The molecule has 0 aromatic carbocycles. The fourth-order valence-electron chi connectivity index (χ4n) is 6.22. The third-order valence-electron chi connectivity index (χ3n) is 8.65. The smallest absolute Gasteiger partial charge is 0.450 e. The largest absolute Gasteiger partial charge is 0.719 e. The highest BCUT2D eigenvalue weighted by molar-refractivity contribution is 7.80. The van der Waals surface area contributed by atoms with Crippen LogP contribution >= 0.6 is 0 Å². The van der Waals surface area contributed by atoms with Crippen LogP contribution in [0.25, 0.3) is 0 Å². The van der Waals surface area contributed by atoms with Crippen LogP contribution in [0.2, 0.25) is 39.3 Å². The summed E-state index contributed by atoms with van der Waals surface area (Å²) in [5, 5.41) is 0. The van der Waals surface area contributed by atoms with Crippen molar-refractivity contribution in [1.82, 2.24) is 0 Å². The Bertz CT molecular complexity index is 814. The summed E-state index contributed by atoms with van der Waals surface area (Å²) in [7, 11) is -8.86. The SMILES string of the molecule is CC(=C(C(=O)O[Si](O[SiH]1[SiH2][SiH2][SiH2]1)(O[Si](C)(C)C)O[Si](C)(C)C)C(C(C)C)(C(C)C)C(C)(C)C(C)C)C(C)C. The monoisotopic (exact) mass is 650 g/mol. The molecule has 0 radical (unpaired) electrons. The predicted molar refractivity (Wildman–Crippen MR) is 183 cm³/mol. The molecule has 1 heterocycles. The average molecular weight is 651 g/mol. The Kier molecular flexibility index (Phi) is 12.8. The fourth-order valence-corrected chi connectivity index (χ4v) is 59.3. The third kappa shape index (κ3) is 8.57. The molecule has 0 aromatic heterocycles. The summed E-state index contributed by atoms with van der Waals surface area (Å²) in [4.78, 5) is 14.9. The molecule has 5 nitrogen and oxygen atoms in total. The van der Waals surface area contributed by atoms with Crippen LogP contribution in [0.4, 0.5) is 0 Å². The summed E-state index contributed by atoms with van der Waals surface area (Å²) in [6.45, 7) is 37.9. The molecular weight excluding hydrogens is 589 g/mol. The Labute approximate surface area is 247 Å². The maximum absolute atomic E-state index is 14.9. The molecule has 0 unspecified atom stereocenters. The summed E-state index contributed by atoms with van der Waals surface area (Å²) < 4.78 is 27.4. The average Bonchev–Trinajstić information content (AvgIpc) is 2.64. The van der Waals surface area contributed by atoms with Crippen LogP contribution in [0.5, 0.6) is 0 Å². The molecule has 0 aliphatic carbocycles. The van der Waals surface area contributed by atoms with E-state index in [1.54, 1.807) is 0 Å². The van der Waals surface area contributed by atoms with E-state index in [9.17, 15) is 4.79 Å². The molecule has 1 aliphatic heterocycles. The van der Waals surface area contributed by atoms with Crippen molar-refractivity contribution in [1.29, 1.82) is 0 Å². The second-order valence-electron chi connectivity index (χ2n) is 15.3. The Morgan fingerprint density at radius 2 is 1.18 bits per heavy atom. The van der Waals surface area contributed by atoms with Gasteiger partial charge < -0.3 is 16.8 Å². The van der Waals surface area contributed by atoms with Crippen molar-refractivity contribution >= 4 is 65.4 Å². The van der Waals surface area contributed by atoms with Gasteiger partial charge in [0.05, 0.1) is 0 Å². The molecule has 1 aliphatic rings. The van der Waals surface area contributed by atoms with Gasteiger partial charge in [0.2, 0.25) is 0 Å². The summed E-state index contributed by atoms with van der Waals surface area (Å²) >= 11 is 0. The van der Waals surface area contributed by atoms with E-state index in [1.807, 2.05) is 0 Å². The van der Waals surface area contributed by atoms with E-state index in [4.69, 9.17) is 16.8 Å². The maximum atomic E-state index is 14.9. The van der Waals surface area contributed by atoms with E-state index in [0.29, 0.717) is 5.92 Å². The Hall–Kier alpha value is 0.608. The van der Waals surface area contributed by atoms with Crippen molar-refractivity contribution in [2.24, 2.45) is 34.5 Å². The minimum absolute atomic E-state index is 0.0157. The number of allylic oxidation sites excluding steroid dienone is 1. The molecule has 0 saturated carbocycles. The minimum atomic E-state index is -3.65. The van der Waals surface area contributed by atoms with Gasteiger partial charge in [0, 0.05) is 28.1 Å². The molecule has 1 rings (SSSR count). The number of carbonyl (C=O) groups is 1. The summed E-state index contributed by atoms with van der Waals surface area (Å²) in [5.74, 6) is 0.807. The van der Waals surface area contributed by atoms with Crippen LogP contribution in [0.1, 0.15) is 76.2 Å². The zero-order chi connectivity index (χ0) is 30.1. The molecule has 0 aromatic rings. The van der Waals surface area contributed by atoms with E-state index in [-0.39, 0.29) is 54.8 Å². The van der Waals surface area contributed by atoms with Crippen LogP contribution in [-0.4, -0.2) is 65.4 Å². The van der Waals surface area contributed by atoms with E-state index >= 15 is 0 Å². The minimum Gasteiger partial charge on any atom is -0.450 e. The van der Waals surface area contributed by atoms with E-state index in [1.165, 1.54) is 0 Å². The van der Waals surface area contributed by atoms with Crippen molar-refractivity contribution in [3.8, 4) is 0 Å². The molecule has 224 valence electrons. The number of carbonyl (C=O) groups excluding carboxylic acids is 1.